The van der Waals surface area contributed by atoms with E-state index in [9.17, 15) is 4.79 Å². The number of hydrogen-bond acceptors (Lipinski definition) is 2. The summed E-state index contributed by atoms with van der Waals surface area (Å²) in [6, 6.07) is 5.72. The second-order valence-corrected chi connectivity index (χ2v) is 6.73. The molecule has 3 rings (SSSR count). The molecule has 0 bridgehead atoms. The first kappa shape index (κ1) is 17.0. The zero-order valence-electron chi connectivity index (χ0n) is 15.0. The molecule has 0 amide bonds. The van der Waals surface area contributed by atoms with Crippen molar-refractivity contribution in [2.24, 2.45) is 0 Å². The molecule has 0 radical (unpaired) electrons. The van der Waals surface area contributed by atoms with E-state index < -0.39 is 0 Å². The highest BCUT2D eigenvalue weighted by atomic mass is 16.5. The molecule has 1 aliphatic heterocycles. The minimum atomic E-state index is 0.153. The number of H-pyrrole nitrogens is 1. The third kappa shape index (κ3) is 3.47. The van der Waals surface area contributed by atoms with Gasteiger partial charge in [0.05, 0.1) is 18.7 Å². The Balaban J connectivity index is 1.88. The summed E-state index contributed by atoms with van der Waals surface area (Å²) in [5.74, 6) is 0.762. The number of likely N-dealkylation sites (N-methyl/N-ethyl adjacent to an activating group) is 1. The highest BCUT2D eigenvalue weighted by Gasteiger charge is 2.23. The molecule has 1 saturated heterocycles. The first-order chi connectivity index (χ1) is 11.6. The van der Waals surface area contributed by atoms with Gasteiger partial charge in [0.25, 0.3) is 0 Å². The van der Waals surface area contributed by atoms with Crippen LogP contribution >= 0.6 is 0 Å². The molecule has 0 spiro atoms. The smallest absolute Gasteiger partial charge is 0.198 e. The number of nitrogens with one attached hydrogen (secondary N) is 3. The molecule has 1 fully saturated rings. The zero-order valence-corrected chi connectivity index (χ0v) is 15.0. The summed E-state index contributed by atoms with van der Waals surface area (Å²) in [5, 5.41) is 0.735. The summed E-state index contributed by atoms with van der Waals surface area (Å²) >= 11 is 0. The number of pyridine rings is 1. The minimum Gasteiger partial charge on any atom is -0.494 e. The SMILES string of the molecule is CCOc1ccc2[nH]c(C)c(C[NH+]3CC[NH+](CC)CC3)c(=O)c2c1. The fourth-order valence-electron chi connectivity index (χ4n) is 3.64. The van der Waals surface area contributed by atoms with Crippen molar-refractivity contribution in [3.05, 3.63) is 39.7 Å². The standard InChI is InChI=1S/C19H27N3O2/c1-4-21-8-10-22(11-9-21)13-17-14(3)20-18-7-6-15(24-5-2)12-16(18)19(17)23/h6-7,12H,4-5,8-11,13H2,1-3H3,(H,20,23)/p+2. The number of fused-ring (bicyclic) bond motifs is 1. The Kier molecular flexibility index (Phi) is 5.21. The van der Waals surface area contributed by atoms with Crippen LogP contribution in [0.25, 0.3) is 10.9 Å². The number of hydrogen-bond donors (Lipinski definition) is 3. The molecule has 24 heavy (non-hydrogen) atoms. The highest BCUT2D eigenvalue weighted by molar-refractivity contribution is 5.81. The average molecular weight is 331 g/mol. The first-order valence-corrected chi connectivity index (χ1v) is 9.07. The van der Waals surface area contributed by atoms with Crippen molar-refractivity contribution >= 4 is 10.9 Å². The molecule has 0 unspecified atom stereocenters. The van der Waals surface area contributed by atoms with Crippen LogP contribution in [0.1, 0.15) is 25.1 Å². The van der Waals surface area contributed by atoms with E-state index in [1.54, 1.807) is 4.90 Å². The van der Waals surface area contributed by atoms with E-state index in [1.807, 2.05) is 32.0 Å². The van der Waals surface area contributed by atoms with Crippen LogP contribution in [0.3, 0.4) is 0 Å². The van der Waals surface area contributed by atoms with Crippen LogP contribution in [-0.4, -0.2) is 44.3 Å². The highest BCUT2D eigenvalue weighted by Crippen LogP contribution is 2.18. The first-order valence-electron chi connectivity index (χ1n) is 9.07. The molecule has 130 valence electrons. The summed E-state index contributed by atoms with van der Waals surface area (Å²) in [5.41, 5.74) is 2.96. The van der Waals surface area contributed by atoms with Crippen LogP contribution in [-0.2, 0) is 6.54 Å². The molecule has 3 N–H and O–H groups in total. The van der Waals surface area contributed by atoms with Gasteiger partial charge in [-0.15, -0.1) is 0 Å². The number of aromatic amines is 1. The zero-order chi connectivity index (χ0) is 17.1. The number of aryl methyl sites for hydroxylation is 1. The monoisotopic (exact) mass is 331 g/mol. The van der Waals surface area contributed by atoms with Gasteiger partial charge in [0.15, 0.2) is 5.43 Å². The van der Waals surface area contributed by atoms with Crippen molar-refractivity contribution in [2.75, 3.05) is 39.3 Å². The Hall–Kier alpha value is -1.85. The fraction of sp³-hybridized carbons (Fsp3) is 0.526. The summed E-state index contributed by atoms with van der Waals surface area (Å²) in [7, 11) is 0. The number of benzene rings is 1. The van der Waals surface area contributed by atoms with Crippen LogP contribution in [0.5, 0.6) is 5.75 Å². The molecular formula is C19H29N3O2+2. The molecule has 5 nitrogen and oxygen atoms in total. The van der Waals surface area contributed by atoms with Crippen molar-refractivity contribution in [3.63, 3.8) is 0 Å². The van der Waals surface area contributed by atoms with Gasteiger partial charge in [-0.1, -0.05) is 0 Å². The van der Waals surface area contributed by atoms with Crippen molar-refractivity contribution in [1.82, 2.24) is 4.98 Å². The van der Waals surface area contributed by atoms with Crippen LogP contribution in [0.2, 0.25) is 0 Å². The lowest BCUT2D eigenvalue weighted by Gasteiger charge is -2.29. The lowest BCUT2D eigenvalue weighted by molar-refractivity contribution is -1.02. The predicted octanol–water partition coefficient (Wildman–Crippen LogP) is -0.461. The maximum Gasteiger partial charge on any atom is 0.198 e. The number of piperazine rings is 1. The van der Waals surface area contributed by atoms with E-state index in [0.717, 1.165) is 47.5 Å². The lowest BCUT2D eigenvalue weighted by atomic mass is 10.1. The molecule has 0 aliphatic carbocycles. The molecule has 1 aliphatic rings. The predicted molar refractivity (Wildman–Crippen MR) is 96.1 cm³/mol. The number of ether oxygens (including phenoxy) is 1. The number of rotatable bonds is 5. The van der Waals surface area contributed by atoms with E-state index in [-0.39, 0.29) is 5.43 Å². The van der Waals surface area contributed by atoms with Crippen molar-refractivity contribution < 1.29 is 14.5 Å². The van der Waals surface area contributed by atoms with E-state index in [4.69, 9.17) is 4.74 Å². The average Bonchev–Trinajstić information content (AvgIpc) is 2.60. The second kappa shape index (κ2) is 7.36. The molecule has 1 aromatic heterocycles. The van der Waals surface area contributed by atoms with Gasteiger partial charge in [-0.05, 0) is 39.0 Å². The quantitative estimate of drug-likeness (QED) is 0.694. The van der Waals surface area contributed by atoms with E-state index in [0.29, 0.717) is 6.61 Å². The normalized spacial score (nSPS) is 21.1. The molecular weight excluding hydrogens is 302 g/mol. The Morgan fingerprint density at radius 3 is 2.50 bits per heavy atom. The van der Waals surface area contributed by atoms with Gasteiger partial charge in [0.1, 0.15) is 38.5 Å². The van der Waals surface area contributed by atoms with Crippen molar-refractivity contribution in [3.8, 4) is 5.75 Å². The van der Waals surface area contributed by atoms with Crippen molar-refractivity contribution in [1.29, 1.82) is 0 Å². The maximum absolute atomic E-state index is 13.0. The third-order valence-electron chi connectivity index (χ3n) is 5.19. The Bertz CT molecular complexity index is 761. The molecule has 0 saturated carbocycles. The van der Waals surface area contributed by atoms with Crippen LogP contribution in [0.4, 0.5) is 0 Å². The largest absolute Gasteiger partial charge is 0.494 e. The van der Waals surface area contributed by atoms with Crippen LogP contribution < -0.4 is 20.0 Å². The maximum atomic E-state index is 13.0. The molecule has 2 heterocycles. The molecule has 5 heteroatoms. The third-order valence-corrected chi connectivity index (χ3v) is 5.19. The van der Waals surface area contributed by atoms with E-state index in [1.165, 1.54) is 24.5 Å². The van der Waals surface area contributed by atoms with Gasteiger partial charge in [-0.25, -0.2) is 0 Å². The molecule has 1 aromatic carbocycles. The van der Waals surface area contributed by atoms with Crippen LogP contribution in [0.15, 0.2) is 23.0 Å². The lowest BCUT2D eigenvalue weighted by Crippen LogP contribution is -3.27. The number of aromatic nitrogens is 1. The Morgan fingerprint density at radius 1 is 1.12 bits per heavy atom. The summed E-state index contributed by atoms with van der Waals surface area (Å²) in [6.45, 7) is 13.5. The summed E-state index contributed by atoms with van der Waals surface area (Å²) in [6.07, 6.45) is 0. The van der Waals surface area contributed by atoms with Gasteiger partial charge in [-0.3, -0.25) is 4.79 Å². The van der Waals surface area contributed by atoms with Gasteiger partial charge in [0.2, 0.25) is 0 Å². The Morgan fingerprint density at radius 2 is 1.83 bits per heavy atom. The minimum absolute atomic E-state index is 0.153. The summed E-state index contributed by atoms with van der Waals surface area (Å²) < 4.78 is 5.55. The van der Waals surface area contributed by atoms with Gasteiger partial charge < -0.3 is 19.5 Å². The number of quaternary nitrogens is 2. The van der Waals surface area contributed by atoms with Crippen LogP contribution in [0, 0.1) is 6.92 Å². The molecule has 2 aromatic rings. The van der Waals surface area contributed by atoms with Crippen molar-refractivity contribution in [2.45, 2.75) is 27.3 Å². The van der Waals surface area contributed by atoms with E-state index >= 15 is 0 Å². The van der Waals surface area contributed by atoms with E-state index in [2.05, 4.69) is 11.9 Å². The Labute approximate surface area is 143 Å². The topological polar surface area (TPSA) is 51.0 Å². The van der Waals surface area contributed by atoms with Gasteiger partial charge >= 0.3 is 0 Å². The fourth-order valence-corrected chi connectivity index (χ4v) is 3.64. The second-order valence-electron chi connectivity index (χ2n) is 6.73. The van der Waals surface area contributed by atoms with Gasteiger partial charge in [0, 0.05) is 16.6 Å². The van der Waals surface area contributed by atoms with Gasteiger partial charge in [-0.2, -0.15) is 0 Å². The summed E-state index contributed by atoms with van der Waals surface area (Å²) in [4.78, 5) is 19.6. The molecule has 0 atom stereocenters.